The van der Waals surface area contributed by atoms with Gasteiger partial charge in [0.05, 0.1) is 6.54 Å². The van der Waals surface area contributed by atoms with Gasteiger partial charge in [0, 0.05) is 11.1 Å². The number of hydrogen-bond acceptors (Lipinski definition) is 9. The van der Waals surface area contributed by atoms with Crippen LogP contribution in [0.1, 0.15) is 42.6 Å². The number of carbonyl (C=O) groups excluding carboxylic acids is 1. The smallest absolute Gasteiger partial charge is 0.270 e. The molecular weight excluding hydrogens is 476 g/mol. The lowest BCUT2D eigenvalue weighted by molar-refractivity contribution is 0.102. The minimum absolute atomic E-state index is 0.0220. The predicted octanol–water partition coefficient (Wildman–Crippen LogP) is 3.62. The zero-order chi connectivity index (χ0) is 24.3. The Morgan fingerprint density at radius 1 is 1.03 bits per heavy atom. The number of hydrogen-bond donors (Lipinski definition) is 2. The molecule has 0 saturated carbocycles. The molecule has 10 nitrogen and oxygen atoms in total. The van der Waals surface area contributed by atoms with Gasteiger partial charge in [-0.15, -0.1) is 10.2 Å². The maximum absolute atomic E-state index is 12.6. The van der Waals surface area contributed by atoms with Gasteiger partial charge in [0.1, 0.15) is 0 Å². The highest BCUT2D eigenvalue weighted by Crippen LogP contribution is 2.25. The lowest BCUT2D eigenvalue weighted by atomic mass is 9.87. The van der Waals surface area contributed by atoms with Gasteiger partial charge in [0.2, 0.25) is 21.2 Å². The van der Waals surface area contributed by atoms with Gasteiger partial charge < -0.3 is 4.52 Å². The first-order valence-corrected chi connectivity index (χ1v) is 12.5. The van der Waals surface area contributed by atoms with E-state index in [0.29, 0.717) is 11.4 Å². The number of anilines is 1. The summed E-state index contributed by atoms with van der Waals surface area (Å²) in [6.07, 6.45) is 0. The Kier molecular flexibility index (Phi) is 6.55. The van der Waals surface area contributed by atoms with Crippen molar-refractivity contribution in [1.82, 2.24) is 25.1 Å². The number of nitrogens with one attached hydrogen (secondary N) is 2. The number of benzene rings is 2. The van der Waals surface area contributed by atoms with Crippen LogP contribution >= 0.6 is 11.3 Å². The number of aromatic nitrogens is 4. The highest BCUT2D eigenvalue weighted by Gasteiger charge is 2.22. The van der Waals surface area contributed by atoms with E-state index in [0.717, 1.165) is 16.9 Å². The van der Waals surface area contributed by atoms with E-state index >= 15 is 0 Å². The monoisotopic (exact) mass is 498 g/mol. The van der Waals surface area contributed by atoms with Crippen molar-refractivity contribution in [3.05, 3.63) is 71.6 Å². The third-order valence-electron chi connectivity index (χ3n) is 4.78. The molecule has 0 spiro atoms. The molecular formula is C22H22N6O4S2. The fourth-order valence-electron chi connectivity index (χ4n) is 2.91. The lowest BCUT2D eigenvalue weighted by Crippen LogP contribution is -2.23. The van der Waals surface area contributed by atoms with E-state index in [1.165, 1.54) is 5.56 Å². The SMILES string of the molecule is CC(C)(C)c1ccc(-c2noc(CNS(=O)(=O)c3nnc(NC(=O)c4ccccc4)s3)n2)cc1. The zero-order valence-electron chi connectivity index (χ0n) is 18.6. The molecule has 0 bridgehead atoms. The summed E-state index contributed by atoms with van der Waals surface area (Å²) in [4.78, 5) is 16.5. The standard InChI is InChI=1S/C22H22N6O4S2/c1-22(2,3)16-11-9-14(10-12-16)18-24-17(32-28-18)13-23-34(30,31)21-27-26-20(33-21)25-19(29)15-7-5-4-6-8-15/h4-12,23H,13H2,1-3H3,(H,25,26,29). The quantitative estimate of drug-likeness (QED) is 0.368. The molecule has 0 aliphatic heterocycles. The summed E-state index contributed by atoms with van der Waals surface area (Å²) in [6.45, 7) is 6.15. The maximum Gasteiger partial charge on any atom is 0.270 e. The Hall–Kier alpha value is -3.48. The average molecular weight is 499 g/mol. The van der Waals surface area contributed by atoms with E-state index in [4.69, 9.17) is 4.52 Å². The van der Waals surface area contributed by atoms with Gasteiger partial charge in [-0.2, -0.15) is 9.71 Å². The number of amides is 1. The molecule has 0 saturated heterocycles. The zero-order valence-corrected chi connectivity index (χ0v) is 20.3. The average Bonchev–Trinajstić information content (AvgIpc) is 3.48. The molecule has 2 heterocycles. The maximum atomic E-state index is 12.6. The van der Waals surface area contributed by atoms with Crippen LogP contribution < -0.4 is 10.0 Å². The van der Waals surface area contributed by atoms with Crippen LogP contribution in [0, 0.1) is 0 Å². The highest BCUT2D eigenvalue weighted by molar-refractivity contribution is 7.91. The first-order chi connectivity index (χ1) is 16.1. The Bertz CT molecular complexity index is 1390. The molecule has 34 heavy (non-hydrogen) atoms. The van der Waals surface area contributed by atoms with Gasteiger partial charge in [-0.1, -0.05) is 79.7 Å². The third-order valence-corrected chi connectivity index (χ3v) is 7.39. The summed E-state index contributed by atoms with van der Waals surface area (Å²) in [7, 11) is -4.00. The summed E-state index contributed by atoms with van der Waals surface area (Å²) in [5.41, 5.74) is 2.37. The highest BCUT2D eigenvalue weighted by atomic mass is 32.2. The molecule has 12 heteroatoms. The predicted molar refractivity (Wildman–Crippen MR) is 127 cm³/mol. The summed E-state index contributed by atoms with van der Waals surface area (Å²) < 4.78 is 32.4. The van der Waals surface area contributed by atoms with Crippen LogP contribution in [0.4, 0.5) is 5.13 Å². The summed E-state index contributed by atoms with van der Waals surface area (Å²) in [5, 5.41) is 13.9. The minimum atomic E-state index is -4.00. The van der Waals surface area contributed by atoms with Gasteiger partial charge in [0.25, 0.3) is 15.9 Å². The van der Waals surface area contributed by atoms with Crippen molar-refractivity contribution in [2.75, 3.05) is 5.32 Å². The van der Waals surface area contributed by atoms with Crippen molar-refractivity contribution in [1.29, 1.82) is 0 Å². The van der Waals surface area contributed by atoms with Gasteiger partial charge in [-0.3, -0.25) is 10.1 Å². The van der Waals surface area contributed by atoms with Crippen molar-refractivity contribution in [3.63, 3.8) is 0 Å². The second-order valence-electron chi connectivity index (χ2n) is 8.36. The molecule has 4 aromatic rings. The first kappa shape index (κ1) is 23.7. The Morgan fingerprint density at radius 3 is 2.41 bits per heavy atom. The van der Waals surface area contributed by atoms with E-state index in [-0.39, 0.29) is 27.3 Å². The second kappa shape index (κ2) is 9.41. The molecule has 0 atom stereocenters. The molecule has 176 valence electrons. The molecule has 0 aliphatic rings. The first-order valence-electron chi connectivity index (χ1n) is 10.2. The molecule has 2 aromatic heterocycles. The molecule has 4 rings (SSSR count). The van der Waals surface area contributed by atoms with Crippen LogP contribution in [0.15, 0.2) is 63.5 Å². The molecule has 0 aliphatic carbocycles. The molecule has 0 unspecified atom stereocenters. The Balaban J connectivity index is 1.38. The molecule has 0 fully saturated rings. The van der Waals surface area contributed by atoms with Crippen LogP contribution in [-0.2, 0) is 22.0 Å². The van der Waals surface area contributed by atoms with Crippen molar-refractivity contribution in [3.8, 4) is 11.4 Å². The fourth-order valence-corrected chi connectivity index (χ4v) is 4.82. The molecule has 2 aromatic carbocycles. The summed E-state index contributed by atoms with van der Waals surface area (Å²) in [6, 6.07) is 16.3. The van der Waals surface area contributed by atoms with Gasteiger partial charge >= 0.3 is 0 Å². The number of carbonyl (C=O) groups is 1. The van der Waals surface area contributed by atoms with Crippen molar-refractivity contribution >= 4 is 32.4 Å². The summed E-state index contributed by atoms with van der Waals surface area (Å²) in [5.74, 6) is 0.0413. The topological polar surface area (TPSA) is 140 Å². The van der Waals surface area contributed by atoms with Crippen LogP contribution in [0.5, 0.6) is 0 Å². The molecule has 0 radical (unpaired) electrons. The lowest BCUT2D eigenvalue weighted by Gasteiger charge is -2.18. The third kappa shape index (κ3) is 5.53. The van der Waals surface area contributed by atoms with Crippen LogP contribution in [0.25, 0.3) is 11.4 Å². The van der Waals surface area contributed by atoms with E-state index in [1.54, 1.807) is 30.3 Å². The van der Waals surface area contributed by atoms with Gasteiger partial charge in [-0.05, 0) is 23.1 Å². The van der Waals surface area contributed by atoms with Crippen molar-refractivity contribution in [2.45, 2.75) is 37.1 Å². The Labute approximate surface area is 200 Å². The molecule has 1 amide bonds. The van der Waals surface area contributed by atoms with Crippen molar-refractivity contribution in [2.24, 2.45) is 0 Å². The summed E-state index contributed by atoms with van der Waals surface area (Å²) >= 11 is 0.732. The second-order valence-corrected chi connectivity index (χ2v) is 11.3. The van der Waals surface area contributed by atoms with Crippen LogP contribution in [0.2, 0.25) is 0 Å². The van der Waals surface area contributed by atoms with Crippen LogP contribution in [-0.4, -0.2) is 34.7 Å². The fraction of sp³-hybridized carbons (Fsp3) is 0.227. The van der Waals surface area contributed by atoms with Crippen LogP contribution in [0.3, 0.4) is 0 Å². The normalized spacial score (nSPS) is 12.0. The van der Waals surface area contributed by atoms with E-state index in [2.05, 4.69) is 51.1 Å². The van der Waals surface area contributed by atoms with E-state index in [1.807, 2.05) is 24.3 Å². The number of nitrogens with zero attached hydrogens (tertiary/aromatic N) is 4. The number of rotatable bonds is 7. The largest absolute Gasteiger partial charge is 0.338 e. The van der Waals surface area contributed by atoms with E-state index < -0.39 is 15.9 Å². The number of sulfonamides is 1. The van der Waals surface area contributed by atoms with Gasteiger partial charge in [0.15, 0.2) is 0 Å². The van der Waals surface area contributed by atoms with E-state index in [9.17, 15) is 13.2 Å². The molecule has 2 N–H and O–H groups in total. The van der Waals surface area contributed by atoms with Gasteiger partial charge in [-0.25, -0.2) is 8.42 Å². The van der Waals surface area contributed by atoms with Crippen molar-refractivity contribution < 1.29 is 17.7 Å². The Morgan fingerprint density at radius 2 is 1.74 bits per heavy atom. The minimum Gasteiger partial charge on any atom is -0.338 e.